The zero-order valence-electron chi connectivity index (χ0n) is 17.3. The molecule has 2 fully saturated rings. The Morgan fingerprint density at radius 1 is 1.13 bits per heavy atom. The maximum atomic E-state index is 13.1. The summed E-state index contributed by atoms with van der Waals surface area (Å²) in [5.41, 5.74) is 1.70. The maximum absolute atomic E-state index is 13.1. The number of rotatable bonds is 7. The second kappa shape index (κ2) is 9.09. The van der Waals surface area contributed by atoms with Gasteiger partial charge >= 0.3 is 0 Å². The third kappa shape index (κ3) is 5.25. The van der Waals surface area contributed by atoms with E-state index in [1.807, 2.05) is 36.4 Å². The normalized spacial score (nSPS) is 20.1. The molecule has 2 amide bonds. The molecule has 2 aliphatic heterocycles. The zero-order valence-corrected chi connectivity index (χ0v) is 18.1. The van der Waals surface area contributed by atoms with Crippen LogP contribution in [0.5, 0.6) is 5.75 Å². The molecule has 0 N–H and O–H groups in total. The van der Waals surface area contributed by atoms with Crippen LogP contribution < -0.4 is 9.64 Å². The molecule has 164 valence electrons. The third-order valence-corrected chi connectivity index (χ3v) is 7.48. The summed E-state index contributed by atoms with van der Waals surface area (Å²) >= 11 is 0. The van der Waals surface area contributed by atoms with Crippen LogP contribution in [0.15, 0.2) is 54.6 Å². The molecule has 0 aromatic heterocycles. The molecule has 0 aliphatic carbocycles. The molecule has 2 aromatic carbocycles. The van der Waals surface area contributed by atoms with Crippen molar-refractivity contribution in [3.8, 4) is 5.75 Å². The quantitative estimate of drug-likeness (QED) is 0.658. The molecule has 2 heterocycles. The summed E-state index contributed by atoms with van der Waals surface area (Å²) < 4.78 is 29.7. The standard InChI is InChI=1S/C23H26N2O5S/c26-22-10-5-12-24(22)19-8-4-9-21(14-19)30-16-23(27)25(15-18-6-2-1-3-7-18)20-11-13-31(28,29)17-20/h1-4,6-9,14,20H,5,10-13,15-17H2. The smallest absolute Gasteiger partial charge is 0.261 e. The summed E-state index contributed by atoms with van der Waals surface area (Å²) in [7, 11) is -3.13. The number of carbonyl (C=O) groups excluding carboxylic acids is 2. The van der Waals surface area contributed by atoms with Gasteiger partial charge in [-0.05, 0) is 30.5 Å². The molecule has 0 spiro atoms. The van der Waals surface area contributed by atoms with Crippen molar-refractivity contribution in [1.29, 1.82) is 0 Å². The fraction of sp³-hybridized carbons (Fsp3) is 0.391. The summed E-state index contributed by atoms with van der Waals surface area (Å²) in [6.45, 7) is 0.828. The predicted molar refractivity (Wildman–Crippen MR) is 118 cm³/mol. The largest absolute Gasteiger partial charge is 0.484 e. The Kier molecular flexibility index (Phi) is 6.27. The van der Waals surface area contributed by atoms with Crippen LogP contribution in [-0.4, -0.2) is 55.8 Å². The number of carbonyl (C=O) groups is 2. The Bertz CT molecular complexity index is 1050. The first kappa shape index (κ1) is 21.4. The van der Waals surface area contributed by atoms with Crippen LogP contribution in [-0.2, 0) is 26.0 Å². The molecule has 1 unspecified atom stereocenters. The molecular formula is C23H26N2O5S. The molecule has 8 heteroatoms. The molecule has 0 bridgehead atoms. The molecule has 2 aromatic rings. The maximum Gasteiger partial charge on any atom is 0.261 e. The molecule has 4 rings (SSSR count). The minimum Gasteiger partial charge on any atom is -0.484 e. The van der Waals surface area contributed by atoms with E-state index in [0.29, 0.717) is 31.7 Å². The number of hydrogen-bond acceptors (Lipinski definition) is 5. The Morgan fingerprint density at radius 2 is 1.94 bits per heavy atom. The van der Waals surface area contributed by atoms with Crippen molar-refractivity contribution in [3.63, 3.8) is 0 Å². The van der Waals surface area contributed by atoms with E-state index in [9.17, 15) is 18.0 Å². The summed E-state index contributed by atoms with van der Waals surface area (Å²) in [4.78, 5) is 28.4. The summed E-state index contributed by atoms with van der Waals surface area (Å²) in [5.74, 6) is 0.420. The lowest BCUT2D eigenvalue weighted by atomic mass is 10.1. The van der Waals surface area contributed by atoms with Gasteiger partial charge in [0.15, 0.2) is 16.4 Å². The SMILES string of the molecule is O=C1CCCN1c1cccc(OCC(=O)N(Cc2ccccc2)C2CCS(=O)(=O)C2)c1. The average Bonchev–Trinajstić information content (AvgIpc) is 3.36. The van der Waals surface area contributed by atoms with E-state index < -0.39 is 9.84 Å². The molecule has 0 radical (unpaired) electrons. The number of nitrogens with zero attached hydrogens (tertiary/aromatic N) is 2. The highest BCUT2D eigenvalue weighted by molar-refractivity contribution is 7.91. The number of amides is 2. The highest BCUT2D eigenvalue weighted by Gasteiger charge is 2.34. The van der Waals surface area contributed by atoms with Crippen LogP contribution in [0.1, 0.15) is 24.8 Å². The van der Waals surface area contributed by atoms with Crippen molar-refractivity contribution in [3.05, 3.63) is 60.2 Å². The first-order chi connectivity index (χ1) is 14.9. The first-order valence-corrected chi connectivity index (χ1v) is 12.3. The van der Waals surface area contributed by atoms with Crippen molar-refractivity contribution in [2.45, 2.75) is 31.8 Å². The van der Waals surface area contributed by atoms with Gasteiger partial charge in [0.2, 0.25) is 5.91 Å². The number of benzene rings is 2. The van der Waals surface area contributed by atoms with Crippen LogP contribution in [0.3, 0.4) is 0 Å². The van der Waals surface area contributed by atoms with E-state index >= 15 is 0 Å². The van der Waals surface area contributed by atoms with Crippen molar-refractivity contribution in [2.24, 2.45) is 0 Å². The second-order valence-corrected chi connectivity index (χ2v) is 10.2. The van der Waals surface area contributed by atoms with Crippen molar-refractivity contribution < 1.29 is 22.7 Å². The van der Waals surface area contributed by atoms with Crippen molar-refractivity contribution >= 4 is 27.3 Å². The predicted octanol–water partition coefficient (Wildman–Crippen LogP) is 2.41. The Morgan fingerprint density at radius 3 is 2.61 bits per heavy atom. The lowest BCUT2D eigenvalue weighted by Crippen LogP contribution is -2.43. The van der Waals surface area contributed by atoms with Crippen molar-refractivity contribution in [1.82, 2.24) is 4.90 Å². The zero-order chi connectivity index (χ0) is 21.8. The van der Waals surface area contributed by atoms with Gasteiger partial charge in [0.05, 0.1) is 11.5 Å². The average molecular weight is 443 g/mol. The Hall–Kier alpha value is -2.87. The van der Waals surface area contributed by atoms with E-state index in [1.165, 1.54) is 0 Å². The fourth-order valence-corrected chi connectivity index (χ4v) is 5.84. The molecule has 2 saturated heterocycles. The summed E-state index contributed by atoms with van der Waals surface area (Å²) in [6.07, 6.45) is 1.82. The lowest BCUT2D eigenvalue weighted by Gasteiger charge is -2.28. The Balaban J connectivity index is 1.45. The molecule has 1 atom stereocenters. The van der Waals surface area contributed by atoms with Crippen molar-refractivity contribution in [2.75, 3.05) is 29.6 Å². The van der Waals surface area contributed by atoms with E-state index in [2.05, 4.69) is 0 Å². The van der Waals surface area contributed by atoms with Gasteiger partial charge in [0.1, 0.15) is 5.75 Å². The van der Waals surface area contributed by atoms with Gasteiger partial charge in [0.25, 0.3) is 5.91 Å². The van der Waals surface area contributed by atoms with E-state index in [4.69, 9.17) is 4.74 Å². The van der Waals surface area contributed by atoms with Gasteiger partial charge in [-0.2, -0.15) is 0 Å². The molecule has 0 saturated carbocycles. The van der Waals surface area contributed by atoms with Gasteiger partial charge in [-0.1, -0.05) is 36.4 Å². The topological polar surface area (TPSA) is 84.0 Å². The van der Waals surface area contributed by atoms with Crippen LogP contribution in [0.2, 0.25) is 0 Å². The highest BCUT2D eigenvalue weighted by Crippen LogP contribution is 2.26. The summed E-state index contributed by atoms with van der Waals surface area (Å²) in [6, 6.07) is 16.3. The minimum atomic E-state index is -3.13. The van der Waals surface area contributed by atoms with Crippen LogP contribution in [0, 0.1) is 0 Å². The van der Waals surface area contributed by atoms with E-state index in [0.717, 1.165) is 17.7 Å². The van der Waals surface area contributed by atoms with E-state index in [-0.39, 0.29) is 36.0 Å². The van der Waals surface area contributed by atoms with Crippen LogP contribution in [0.4, 0.5) is 5.69 Å². The van der Waals surface area contributed by atoms with Crippen LogP contribution in [0.25, 0.3) is 0 Å². The first-order valence-electron chi connectivity index (χ1n) is 10.5. The number of hydrogen-bond donors (Lipinski definition) is 0. The monoisotopic (exact) mass is 442 g/mol. The lowest BCUT2D eigenvalue weighted by molar-refractivity contribution is -0.136. The van der Waals surface area contributed by atoms with E-state index in [1.54, 1.807) is 28.0 Å². The molecule has 2 aliphatic rings. The summed E-state index contributed by atoms with van der Waals surface area (Å²) in [5, 5.41) is 0. The van der Waals surface area contributed by atoms with Gasteiger partial charge < -0.3 is 14.5 Å². The third-order valence-electron chi connectivity index (χ3n) is 5.73. The Labute approximate surface area is 182 Å². The molecular weight excluding hydrogens is 416 g/mol. The fourth-order valence-electron chi connectivity index (χ4n) is 4.11. The highest BCUT2D eigenvalue weighted by atomic mass is 32.2. The molecule has 7 nitrogen and oxygen atoms in total. The second-order valence-electron chi connectivity index (χ2n) is 8.00. The number of sulfone groups is 1. The van der Waals surface area contributed by atoms with Gasteiger partial charge in [-0.15, -0.1) is 0 Å². The van der Waals surface area contributed by atoms with Gasteiger partial charge in [-0.3, -0.25) is 9.59 Å². The van der Waals surface area contributed by atoms with Gasteiger partial charge in [0, 0.05) is 37.3 Å². The number of anilines is 1. The van der Waals surface area contributed by atoms with Crippen LogP contribution >= 0.6 is 0 Å². The minimum absolute atomic E-state index is 0.0157. The van der Waals surface area contributed by atoms with Gasteiger partial charge in [-0.25, -0.2) is 8.42 Å². The number of ether oxygens (including phenoxy) is 1. The molecule has 31 heavy (non-hydrogen) atoms.